The van der Waals surface area contributed by atoms with Crippen molar-refractivity contribution in [3.63, 3.8) is 0 Å². The number of benzene rings is 1. The van der Waals surface area contributed by atoms with Crippen LogP contribution in [0.4, 0.5) is 0 Å². The highest BCUT2D eigenvalue weighted by molar-refractivity contribution is 5.81. The van der Waals surface area contributed by atoms with Crippen molar-refractivity contribution in [2.24, 2.45) is 7.05 Å². The number of pyridine rings is 1. The molecular weight excluding hydrogens is 410 g/mol. The summed E-state index contributed by atoms with van der Waals surface area (Å²) in [7, 11) is 1.92. The Morgan fingerprint density at radius 1 is 0.697 bits per heavy atom. The van der Waals surface area contributed by atoms with Crippen molar-refractivity contribution in [1.29, 1.82) is 0 Å². The fourth-order valence-electron chi connectivity index (χ4n) is 4.03. The molecule has 1 aromatic carbocycles. The highest BCUT2D eigenvalue weighted by Crippen LogP contribution is 2.28. The number of hydrogen-bond donors (Lipinski definition) is 0. The normalized spacial score (nSPS) is 11.3. The summed E-state index contributed by atoms with van der Waals surface area (Å²) in [5.74, 6) is 0.647. The van der Waals surface area contributed by atoms with Gasteiger partial charge in [0.05, 0.1) is 17.9 Å². The molecule has 0 bridgehead atoms. The van der Waals surface area contributed by atoms with E-state index in [0.717, 1.165) is 39.8 Å². The predicted octanol–water partition coefficient (Wildman–Crippen LogP) is 4.57. The lowest BCUT2D eigenvalue weighted by atomic mass is 10.1. The van der Waals surface area contributed by atoms with Crippen molar-refractivity contribution in [2.45, 2.75) is 6.42 Å². The first-order valence-corrected chi connectivity index (χ1v) is 10.7. The lowest BCUT2D eigenvalue weighted by molar-refractivity contribution is 0.768. The molecule has 6 rings (SSSR count). The molecule has 5 heterocycles. The van der Waals surface area contributed by atoms with Crippen LogP contribution in [0.2, 0.25) is 0 Å². The summed E-state index contributed by atoms with van der Waals surface area (Å²) in [6.07, 6.45) is 16.4. The van der Waals surface area contributed by atoms with Gasteiger partial charge in [0.1, 0.15) is 0 Å². The summed E-state index contributed by atoms with van der Waals surface area (Å²) >= 11 is 0. The number of fused-ring (bicyclic) bond motifs is 1. The standard InChI is InChI=1S/C26H21N7/c1-31-16-23(14-29-31)21-7-8-25-24(15-30-33(25)18-21)22-9-10-32(17-22)26-27-12-20(13-28-26)11-19-5-3-2-4-6-19/h2-10,12-18H,11H2,1H3. The molecule has 160 valence electrons. The minimum Gasteiger partial charge on any atom is -0.292 e. The highest BCUT2D eigenvalue weighted by Gasteiger charge is 2.11. The van der Waals surface area contributed by atoms with Crippen LogP contribution in [0, 0.1) is 0 Å². The molecule has 0 aliphatic carbocycles. The van der Waals surface area contributed by atoms with Crippen LogP contribution in [0.5, 0.6) is 0 Å². The first kappa shape index (κ1) is 19.2. The summed E-state index contributed by atoms with van der Waals surface area (Å²) in [4.78, 5) is 9.14. The molecule has 0 saturated heterocycles. The van der Waals surface area contributed by atoms with Crippen LogP contribution < -0.4 is 0 Å². The van der Waals surface area contributed by atoms with Gasteiger partial charge in [0, 0.05) is 72.9 Å². The van der Waals surface area contributed by atoms with E-state index in [4.69, 9.17) is 0 Å². The first-order valence-electron chi connectivity index (χ1n) is 10.7. The molecular formula is C26H21N7. The van der Waals surface area contributed by atoms with E-state index in [1.807, 2.05) is 83.9 Å². The summed E-state index contributed by atoms with van der Waals surface area (Å²) in [6, 6.07) is 16.6. The smallest absolute Gasteiger partial charge is 0.233 e. The van der Waals surface area contributed by atoms with E-state index in [0.29, 0.717) is 5.95 Å². The third-order valence-corrected chi connectivity index (χ3v) is 5.73. The second-order valence-electron chi connectivity index (χ2n) is 8.07. The maximum absolute atomic E-state index is 4.57. The summed E-state index contributed by atoms with van der Waals surface area (Å²) in [5.41, 5.74) is 7.64. The average molecular weight is 432 g/mol. The number of nitrogens with zero attached hydrogens (tertiary/aromatic N) is 7. The second-order valence-corrected chi connectivity index (χ2v) is 8.07. The maximum Gasteiger partial charge on any atom is 0.233 e. The fraction of sp³-hybridized carbons (Fsp3) is 0.0769. The first-order chi connectivity index (χ1) is 16.2. The van der Waals surface area contributed by atoms with Crippen molar-refractivity contribution in [3.05, 3.63) is 109 Å². The molecule has 0 atom stereocenters. The third-order valence-electron chi connectivity index (χ3n) is 5.73. The zero-order valence-corrected chi connectivity index (χ0v) is 18.1. The van der Waals surface area contributed by atoms with Gasteiger partial charge in [-0.1, -0.05) is 36.4 Å². The molecule has 0 spiro atoms. The highest BCUT2D eigenvalue weighted by atomic mass is 15.2. The van der Waals surface area contributed by atoms with Crippen molar-refractivity contribution in [3.8, 4) is 28.2 Å². The largest absolute Gasteiger partial charge is 0.292 e. The van der Waals surface area contributed by atoms with Crippen LogP contribution in [0.1, 0.15) is 11.1 Å². The van der Waals surface area contributed by atoms with Crippen LogP contribution in [0.15, 0.2) is 98.1 Å². The molecule has 0 unspecified atom stereocenters. The quantitative estimate of drug-likeness (QED) is 0.401. The third kappa shape index (κ3) is 3.70. The van der Waals surface area contributed by atoms with Crippen molar-refractivity contribution < 1.29 is 0 Å². The molecule has 0 fully saturated rings. The Morgan fingerprint density at radius 2 is 1.55 bits per heavy atom. The molecule has 5 aromatic heterocycles. The molecule has 0 N–H and O–H groups in total. The van der Waals surface area contributed by atoms with Crippen LogP contribution in [0.25, 0.3) is 33.7 Å². The SMILES string of the molecule is Cn1cc(-c2ccc3c(-c4ccn(-c5ncc(Cc6ccccc6)cn5)c4)cnn3c2)cn1. The van der Waals surface area contributed by atoms with Gasteiger partial charge in [-0.2, -0.15) is 10.2 Å². The number of aromatic nitrogens is 7. The van der Waals surface area contributed by atoms with Crippen molar-refractivity contribution >= 4 is 5.52 Å². The minimum atomic E-state index is 0.647. The van der Waals surface area contributed by atoms with Gasteiger partial charge in [0.2, 0.25) is 5.95 Å². The zero-order valence-electron chi connectivity index (χ0n) is 18.1. The molecule has 0 saturated carbocycles. The van der Waals surface area contributed by atoms with E-state index in [-0.39, 0.29) is 0 Å². The van der Waals surface area contributed by atoms with E-state index in [1.165, 1.54) is 5.56 Å². The van der Waals surface area contributed by atoms with E-state index < -0.39 is 0 Å². The van der Waals surface area contributed by atoms with Crippen LogP contribution in [0.3, 0.4) is 0 Å². The number of hydrogen-bond acceptors (Lipinski definition) is 4. The summed E-state index contributed by atoms with van der Waals surface area (Å²) in [6.45, 7) is 0. The Morgan fingerprint density at radius 3 is 2.33 bits per heavy atom. The maximum atomic E-state index is 4.57. The summed E-state index contributed by atoms with van der Waals surface area (Å²) < 4.78 is 5.64. The zero-order chi connectivity index (χ0) is 22.2. The Kier molecular flexibility index (Phi) is 4.58. The van der Waals surface area contributed by atoms with Crippen LogP contribution in [-0.2, 0) is 13.5 Å². The minimum absolute atomic E-state index is 0.647. The van der Waals surface area contributed by atoms with Crippen LogP contribution in [-0.4, -0.2) is 33.9 Å². The Balaban J connectivity index is 1.26. The second kappa shape index (κ2) is 7.87. The molecule has 0 amide bonds. The van der Waals surface area contributed by atoms with Gasteiger partial charge < -0.3 is 0 Å². The molecule has 7 nitrogen and oxygen atoms in total. The lowest BCUT2D eigenvalue weighted by Gasteiger charge is -2.04. The van der Waals surface area contributed by atoms with Gasteiger partial charge in [-0.15, -0.1) is 0 Å². The predicted molar refractivity (Wildman–Crippen MR) is 127 cm³/mol. The molecule has 33 heavy (non-hydrogen) atoms. The lowest BCUT2D eigenvalue weighted by Crippen LogP contribution is -1.99. The van der Waals surface area contributed by atoms with Crippen LogP contribution >= 0.6 is 0 Å². The molecule has 0 radical (unpaired) electrons. The van der Waals surface area contributed by atoms with Gasteiger partial charge in [-0.25, -0.2) is 14.5 Å². The average Bonchev–Trinajstić information content (AvgIpc) is 3.59. The molecule has 0 aliphatic heterocycles. The Labute approximate surface area is 190 Å². The van der Waals surface area contributed by atoms with Crippen molar-refractivity contribution in [1.82, 2.24) is 33.9 Å². The van der Waals surface area contributed by atoms with E-state index in [9.17, 15) is 0 Å². The van der Waals surface area contributed by atoms with E-state index in [1.54, 1.807) is 4.68 Å². The van der Waals surface area contributed by atoms with E-state index >= 15 is 0 Å². The van der Waals surface area contributed by atoms with Gasteiger partial charge >= 0.3 is 0 Å². The monoisotopic (exact) mass is 431 g/mol. The fourth-order valence-corrected chi connectivity index (χ4v) is 4.03. The van der Waals surface area contributed by atoms with Gasteiger partial charge in [0.25, 0.3) is 0 Å². The van der Waals surface area contributed by atoms with Gasteiger partial charge in [-0.05, 0) is 23.3 Å². The summed E-state index contributed by atoms with van der Waals surface area (Å²) in [5, 5.41) is 8.83. The van der Waals surface area contributed by atoms with E-state index in [2.05, 4.69) is 50.5 Å². The topological polar surface area (TPSA) is 65.8 Å². The Bertz CT molecular complexity index is 1540. The van der Waals surface area contributed by atoms with Gasteiger partial charge in [0.15, 0.2) is 0 Å². The van der Waals surface area contributed by atoms with Crippen molar-refractivity contribution in [2.75, 3.05) is 0 Å². The van der Waals surface area contributed by atoms with Gasteiger partial charge in [-0.3, -0.25) is 9.25 Å². The molecule has 6 aromatic rings. The molecule has 7 heteroatoms. The molecule has 0 aliphatic rings. The Hall–Kier alpha value is -4.52. The number of rotatable bonds is 5. The number of aryl methyl sites for hydroxylation is 1.